The van der Waals surface area contributed by atoms with Crippen molar-refractivity contribution in [2.45, 2.75) is 25.8 Å². The summed E-state index contributed by atoms with van der Waals surface area (Å²) in [4.78, 5) is 23.8. The second-order valence-corrected chi connectivity index (χ2v) is 6.42. The summed E-state index contributed by atoms with van der Waals surface area (Å²) in [5.41, 5.74) is 2.19. The summed E-state index contributed by atoms with van der Waals surface area (Å²) in [6, 6.07) is 14.8. The number of carbonyl (C=O) groups excluding carboxylic acids is 2. The lowest BCUT2D eigenvalue weighted by Crippen LogP contribution is -2.33. The molecular formula is C20H23N3O3. The monoisotopic (exact) mass is 353 g/mol. The Morgan fingerprint density at radius 3 is 2.42 bits per heavy atom. The second-order valence-electron chi connectivity index (χ2n) is 6.42. The third kappa shape index (κ3) is 4.53. The van der Waals surface area contributed by atoms with Crippen LogP contribution in [0, 0.1) is 5.92 Å². The number of hydrogen-bond acceptors (Lipinski definition) is 3. The Hall–Kier alpha value is -3.02. The summed E-state index contributed by atoms with van der Waals surface area (Å²) < 4.78 is 5.30. The third-order valence-corrected chi connectivity index (χ3v) is 4.31. The Balaban J connectivity index is 1.73. The van der Waals surface area contributed by atoms with Gasteiger partial charge in [0.1, 0.15) is 5.75 Å². The lowest BCUT2D eigenvalue weighted by Gasteiger charge is -2.20. The number of anilines is 2. The first-order valence-electron chi connectivity index (χ1n) is 8.65. The van der Waals surface area contributed by atoms with E-state index in [-0.39, 0.29) is 18.0 Å². The first kappa shape index (κ1) is 17.8. The quantitative estimate of drug-likeness (QED) is 0.736. The topological polar surface area (TPSA) is 79.5 Å². The molecule has 0 saturated heterocycles. The van der Waals surface area contributed by atoms with Crippen LogP contribution in [-0.2, 0) is 4.79 Å². The van der Waals surface area contributed by atoms with Crippen molar-refractivity contribution in [2.24, 2.45) is 5.92 Å². The number of nitrogens with one attached hydrogen (secondary N) is 3. The number of urea groups is 1. The Kier molecular flexibility index (Phi) is 5.41. The molecule has 1 fully saturated rings. The molecule has 1 unspecified atom stereocenters. The molecule has 1 aliphatic carbocycles. The molecule has 26 heavy (non-hydrogen) atoms. The predicted octanol–water partition coefficient (Wildman–Crippen LogP) is 3.93. The van der Waals surface area contributed by atoms with E-state index < -0.39 is 0 Å². The van der Waals surface area contributed by atoms with Gasteiger partial charge in [0.05, 0.1) is 18.8 Å². The van der Waals surface area contributed by atoms with Gasteiger partial charge in [-0.15, -0.1) is 0 Å². The highest BCUT2D eigenvalue weighted by Crippen LogP contribution is 2.41. The Morgan fingerprint density at radius 1 is 1.08 bits per heavy atom. The van der Waals surface area contributed by atoms with Crippen molar-refractivity contribution in [1.82, 2.24) is 5.32 Å². The van der Waals surface area contributed by atoms with Crippen molar-refractivity contribution >= 4 is 23.3 Å². The molecule has 2 aromatic carbocycles. The van der Waals surface area contributed by atoms with Gasteiger partial charge >= 0.3 is 6.03 Å². The van der Waals surface area contributed by atoms with Gasteiger partial charge in [-0.1, -0.05) is 30.3 Å². The van der Waals surface area contributed by atoms with Crippen molar-refractivity contribution in [2.75, 3.05) is 17.7 Å². The van der Waals surface area contributed by atoms with Crippen molar-refractivity contribution in [3.8, 4) is 5.75 Å². The van der Waals surface area contributed by atoms with Gasteiger partial charge in [-0.3, -0.25) is 4.79 Å². The van der Waals surface area contributed by atoms with Crippen LogP contribution in [-0.4, -0.2) is 19.0 Å². The molecule has 6 nitrogen and oxygen atoms in total. The van der Waals surface area contributed by atoms with E-state index in [1.165, 1.54) is 14.0 Å². The molecule has 6 heteroatoms. The van der Waals surface area contributed by atoms with Gasteiger partial charge in [0.15, 0.2) is 0 Å². The minimum Gasteiger partial charge on any atom is -0.495 e. The second kappa shape index (κ2) is 7.91. The summed E-state index contributed by atoms with van der Waals surface area (Å²) in [7, 11) is 1.54. The fourth-order valence-corrected chi connectivity index (χ4v) is 2.95. The molecular weight excluding hydrogens is 330 g/mol. The van der Waals surface area contributed by atoms with Crippen LogP contribution in [0.5, 0.6) is 5.75 Å². The van der Waals surface area contributed by atoms with Gasteiger partial charge in [0, 0.05) is 12.6 Å². The minimum atomic E-state index is -0.302. The van der Waals surface area contributed by atoms with E-state index in [2.05, 4.69) is 16.0 Å². The Labute approximate surface area is 152 Å². The van der Waals surface area contributed by atoms with Crippen LogP contribution in [0.2, 0.25) is 0 Å². The zero-order valence-corrected chi connectivity index (χ0v) is 14.9. The molecule has 0 spiro atoms. The maximum Gasteiger partial charge on any atom is 0.319 e. The summed E-state index contributed by atoms with van der Waals surface area (Å²) >= 11 is 0. The Morgan fingerprint density at radius 2 is 1.81 bits per heavy atom. The van der Waals surface area contributed by atoms with Crippen LogP contribution in [0.1, 0.15) is 31.4 Å². The zero-order valence-electron chi connectivity index (χ0n) is 14.9. The lowest BCUT2D eigenvalue weighted by atomic mass is 10.0. The molecule has 1 aliphatic rings. The molecule has 0 radical (unpaired) electrons. The molecule has 1 atom stereocenters. The molecule has 3 N–H and O–H groups in total. The molecule has 1 saturated carbocycles. The lowest BCUT2D eigenvalue weighted by molar-refractivity contribution is -0.114. The maximum atomic E-state index is 12.6. The number of hydrogen-bond donors (Lipinski definition) is 3. The van der Waals surface area contributed by atoms with Gasteiger partial charge in [0.2, 0.25) is 5.91 Å². The molecule has 0 aromatic heterocycles. The third-order valence-electron chi connectivity index (χ3n) is 4.31. The number of benzene rings is 2. The number of ether oxygens (including phenoxy) is 1. The zero-order chi connectivity index (χ0) is 18.5. The SMILES string of the molecule is COc1ccc(NC(C)=O)cc1NC(=O)NC(c1ccccc1)C1CC1. The van der Waals surface area contributed by atoms with E-state index in [4.69, 9.17) is 4.74 Å². The summed E-state index contributed by atoms with van der Waals surface area (Å²) in [5.74, 6) is 0.816. The van der Waals surface area contributed by atoms with E-state index in [9.17, 15) is 9.59 Å². The van der Waals surface area contributed by atoms with Gasteiger partial charge < -0.3 is 20.7 Å². The number of amides is 3. The average molecular weight is 353 g/mol. The van der Waals surface area contributed by atoms with Crippen molar-refractivity contribution in [3.63, 3.8) is 0 Å². The molecule has 0 heterocycles. The molecule has 3 rings (SSSR count). The van der Waals surface area contributed by atoms with Gasteiger partial charge in [-0.25, -0.2) is 4.79 Å². The molecule has 0 aliphatic heterocycles. The van der Waals surface area contributed by atoms with Crippen LogP contribution >= 0.6 is 0 Å². The highest BCUT2D eigenvalue weighted by atomic mass is 16.5. The number of carbonyl (C=O) groups is 2. The molecule has 0 bridgehead atoms. The van der Waals surface area contributed by atoms with Crippen LogP contribution in [0.3, 0.4) is 0 Å². The highest BCUT2D eigenvalue weighted by molar-refractivity contribution is 5.94. The molecule has 3 amide bonds. The van der Waals surface area contributed by atoms with E-state index in [1.54, 1.807) is 18.2 Å². The van der Waals surface area contributed by atoms with Gasteiger partial charge in [-0.05, 0) is 42.5 Å². The van der Waals surface area contributed by atoms with Crippen LogP contribution in [0.15, 0.2) is 48.5 Å². The van der Waals surface area contributed by atoms with Crippen LogP contribution < -0.4 is 20.7 Å². The fraction of sp³-hybridized carbons (Fsp3) is 0.300. The number of methoxy groups -OCH3 is 1. The smallest absolute Gasteiger partial charge is 0.319 e. The van der Waals surface area contributed by atoms with E-state index >= 15 is 0 Å². The van der Waals surface area contributed by atoms with Crippen molar-refractivity contribution < 1.29 is 14.3 Å². The molecule has 2 aromatic rings. The first-order chi connectivity index (χ1) is 12.6. The average Bonchev–Trinajstić information content (AvgIpc) is 3.45. The van der Waals surface area contributed by atoms with Crippen LogP contribution in [0.4, 0.5) is 16.2 Å². The van der Waals surface area contributed by atoms with Gasteiger partial charge in [-0.2, -0.15) is 0 Å². The minimum absolute atomic E-state index is 0.0132. The molecule has 136 valence electrons. The van der Waals surface area contributed by atoms with E-state index in [0.717, 1.165) is 18.4 Å². The van der Waals surface area contributed by atoms with Crippen molar-refractivity contribution in [1.29, 1.82) is 0 Å². The number of rotatable bonds is 6. The van der Waals surface area contributed by atoms with Crippen LogP contribution in [0.25, 0.3) is 0 Å². The largest absolute Gasteiger partial charge is 0.495 e. The first-order valence-corrected chi connectivity index (χ1v) is 8.65. The standard InChI is InChI=1S/C20H23N3O3/c1-13(24)21-16-10-11-18(26-2)17(12-16)22-20(25)23-19(15-8-9-15)14-6-4-3-5-7-14/h3-7,10-12,15,19H,8-9H2,1-2H3,(H,21,24)(H2,22,23,25). The highest BCUT2D eigenvalue weighted by Gasteiger charge is 2.33. The van der Waals surface area contributed by atoms with E-state index in [1.807, 2.05) is 30.3 Å². The summed E-state index contributed by atoms with van der Waals surface area (Å²) in [6.45, 7) is 1.43. The predicted molar refractivity (Wildman–Crippen MR) is 101 cm³/mol. The summed E-state index contributed by atoms with van der Waals surface area (Å²) in [5, 5.41) is 8.59. The van der Waals surface area contributed by atoms with E-state index in [0.29, 0.717) is 23.0 Å². The fourth-order valence-electron chi connectivity index (χ4n) is 2.95. The van der Waals surface area contributed by atoms with Crippen molar-refractivity contribution in [3.05, 3.63) is 54.1 Å². The normalized spacial score (nSPS) is 14.2. The van der Waals surface area contributed by atoms with Gasteiger partial charge in [0.25, 0.3) is 0 Å². The summed E-state index contributed by atoms with van der Waals surface area (Å²) in [6.07, 6.45) is 2.22. The Bertz CT molecular complexity index is 788. The maximum absolute atomic E-state index is 12.6.